The highest BCUT2D eigenvalue weighted by molar-refractivity contribution is 7.89. The summed E-state index contributed by atoms with van der Waals surface area (Å²) in [6.07, 6.45) is 2.22. The normalized spacial score (nSPS) is 16.4. The monoisotopic (exact) mass is 389 g/mol. The third kappa shape index (κ3) is 5.07. The minimum atomic E-state index is -3.20. The average Bonchev–Trinajstić information content (AvgIpc) is 2.59. The molecule has 0 heterocycles. The largest absolute Gasteiger partial charge is 0.356 e. The first kappa shape index (κ1) is 19.4. The van der Waals surface area contributed by atoms with E-state index in [1.807, 2.05) is 6.07 Å². The Balaban J connectivity index is 1.59. The summed E-state index contributed by atoms with van der Waals surface area (Å²) in [5.74, 6) is 0.552. The van der Waals surface area contributed by atoms with Crippen LogP contribution in [0.5, 0.6) is 0 Å². The summed E-state index contributed by atoms with van der Waals surface area (Å²) in [7, 11) is -1.52. The van der Waals surface area contributed by atoms with Crippen molar-refractivity contribution in [2.24, 2.45) is 4.99 Å². The molecular formula is C20H24FN3O2S. The molecule has 0 fully saturated rings. The van der Waals surface area contributed by atoms with Crippen molar-refractivity contribution in [3.8, 4) is 0 Å². The average molecular weight is 389 g/mol. The second-order valence-electron chi connectivity index (χ2n) is 6.89. The van der Waals surface area contributed by atoms with Gasteiger partial charge in [0, 0.05) is 32.3 Å². The van der Waals surface area contributed by atoms with Crippen LogP contribution in [0.25, 0.3) is 0 Å². The van der Waals surface area contributed by atoms with Crippen LogP contribution in [0.2, 0.25) is 0 Å². The number of hydrogen-bond acceptors (Lipinski definition) is 3. The molecule has 0 amide bonds. The molecule has 1 aliphatic carbocycles. The lowest BCUT2D eigenvalue weighted by Crippen LogP contribution is -2.41. The van der Waals surface area contributed by atoms with Gasteiger partial charge in [0.05, 0.1) is 5.75 Å². The molecular weight excluding hydrogens is 365 g/mol. The maximum absolute atomic E-state index is 13.6. The summed E-state index contributed by atoms with van der Waals surface area (Å²) in [6, 6.07) is 12.6. The Kier molecular flexibility index (Phi) is 5.79. The molecule has 1 aliphatic rings. The Morgan fingerprint density at radius 3 is 2.67 bits per heavy atom. The Bertz CT molecular complexity index is 957. The molecule has 0 radical (unpaired) electrons. The van der Waals surface area contributed by atoms with Crippen molar-refractivity contribution in [2.45, 2.75) is 24.6 Å². The van der Waals surface area contributed by atoms with Crippen LogP contribution >= 0.6 is 0 Å². The van der Waals surface area contributed by atoms with Gasteiger partial charge in [-0.05, 0) is 40.8 Å². The molecule has 0 saturated heterocycles. The van der Waals surface area contributed by atoms with Crippen molar-refractivity contribution in [1.29, 1.82) is 0 Å². The lowest BCUT2D eigenvalue weighted by molar-refractivity contribution is 0.583. The maximum Gasteiger partial charge on any atom is 0.191 e. The van der Waals surface area contributed by atoms with E-state index in [2.05, 4.69) is 33.8 Å². The quantitative estimate of drug-likeness (QED) is 0.588. The molecule has 0 saturated carbocycles. The van der Waals surface area contributed by atoms with Gasteiger partial charge in [0.2, 0.25) is 0 Å². The van der Waals surface area contributed by atoms with E-state index in [4.69, 9.17) is 0 Å². The third-order valence-corrected chi connectivity index (χ3v) is 5.57. The van der Waals surface area contributed by atoms with Gasteiger partial charge in [-0.2, -0.15) is 0 Å². The number of benzene rings is 2. The summed E-state index contributed by atoms with van der Waals surface area (Å²) in [6.45, 7) is 1.06. The van der Waals surface area contributed by atoms with E-state index >= 15 is 0 Å². The third-order valence-electron chi connectivity index (χ3n) is 4.73. The summed E-state index contributed by atoms with van der Waals surface area (Å²) in [5, 5.41) is 6.44. The first-order chi connectivity index (χ1) is 12.9. The van der Waals surface area contributed by atoms with Crippen LogP contribution in [0.3, 0.4) is 0 Å². The number of rotatable bonds is 6. The van der Waals surface area contributed by atoms with Crippen molar-refractivity contribution in [1.82, 2.24) is 10.6 Å². The highest BCUT2D eigenvalue weighted by atomic mass is 32.2. The molecule has 1 unspecified atom stereocenters. The summed E-state index contributed by atoms with van der Waals surface area (Å²) in [4.78, 5) is 4.20. The number of nitrogens with one attached hydrogen (secondary N) is 2. The van der Waals surface area contributed by atoms with Crippen LogP contribution in [0, 0.1) is 5.82 Å². The number of fused-ring (bicyclic) bond motifs is 1. The Morgan fingerprint density at radius 2 is 1.96 bits per heavy atom. The number of aliphatic imine (C=N–C) groups is 1. The van der Waals surface area contributed by atoms with Gasteiger partial charge in [-0.25, -0.2) is 12.8 Å². The van der Waals surface area contributed by atoms with Crippen molar-refractivity contribution in [3.63, 3.8) is 0 Å². The zero-order valence-corrected chi connectivity index (χ0v) is 16.3. The van der Waals surface area contributed by atoms with Gasteiger partial charge in [-0.3, -0.25) is 4.99 Å². The van der Waals surface area contributed by atoms with E-state index in [0.29, 0.717) is 29.5 Å². The number of nitrogens with zero attached hydrogens (tertiary/aromatic N) is 1. The van der Waals surface area contributed by atoms with Gasteiger partial charge in [0.15, 0.2) is 15.8 Å². The van der Waals surface area contributed by atoms with Crippen molar-refractivity contribution in [2.75, 3.05) is 19.8 Å². The molecule has 3 rings (SSSR count). The van der Waals surface area contributed by atoms with Gasteiger partial charge >= 0.3 is 0 Å². The van der Waals surface area contributed by atoms with Crippen LogP contribution in [0.1, 0.15) is 28.2 Å². The highest BCUT2D eigenvalue weighted by Crippen LogP contribution is 2.33. The maximum atomic E-state index is 13.6. The molecule has 7 heteroatoms. The number of halogens is 1. The van der Waals surface area contributed by atoms with Gasteiger partial charge in [-0.1, -0.05) is 30.3 Å². The van der Waals surface area contributed by atoms with E-state index < -0.39 is 15.7 Å². The zero-order valence-electron chi connectivity index (χ0n) is 15.5. The van der Waals surface area contributed by atoms with Gasteiger partial charge in [0.1, 0.15) is 5.82 Å². The highest BCUT2D eigenvalue weighted by Gasteiger charge is 2.25. The molecule has 2 aromatic rings. The number of sulfone groups is 1. The Hall–Kier alpha value is -2.41. The summed E-state index contributed by atoms with van der Waals surface area (Å²) in [5.41, 5.74) is 3.95. The molecule has 1 atom stereocenters. The SMILES string of the molecule is CN=C(NCc1cc(F)ccc1CS(C)(=O)=O)NCC1Cc2ccccc21. The molecule has 0 bridgehead atoms. The summed E-state index contributed by atoms with van der Waals surface area (Å²) < 4.78 is 36.8. The smallest absolute Gasteiger partial charge is 0.191 e. The van der Waals surface area contributed by atoms with Crippen LogP contribution in [0.15, 0.2) is 47.5 Å². The molecule has 2 N–H and O–H groups in total. The minimum Gasteiger partial charge on any atom is -0.356 e. The van der Waals surface area contributed by atoms with Crippen molar-refractivity contribution >= 4 is 15.8 Å². The Labute approximate surface area is 159 Å². The standard InChI is InChI=1S/C20H24FN3O2S/c1-22-20(24-12-17-9-14-5-3-4-6-19(14)17)23-11-16-10-18(21)8-7-15(16)13-27(2,25)26/h3-8,10,17H,9,11-13H2,1-2H3,(H2,22,23,24). The van der Waals surface area contributed by atoms with Gasteiger partial charge < -0.3 is 10.6 Å². The first-order valence-corrected chi connectivity index (χ1v) is 10.9. The second kappa shape index (κ2) is 8.08. The van der Waals surface area contributed by atoms with E-state index in [1.54, 1.807) is 7.05 Å². The molecule has 0 aromatic heterocycles. The number of guanidine groups is 1. The fraction of sp³-hybridized carbons (Fsp3) is 0.350. The van der Waals surface area contributed by atoms with Crippen molar-refractivity contribution < 1.29 is 12.8 Å². The zero-order chi connectivity index (χ0) is 19.4. The van der Waals surface area contributed by atoms with Gasteiger partial charge in [0.25, 0.3) is 0 Å². The molecule has 2 aromatic carbocycles. The van der Waals surface area contributed by atoms with E-state index in [-0.39, 0.29) is 5.75 Å². The molecule has 27 heavy (non-hydrogen) atoms. The van der Waals surface area contributed by atoms with E-state index in [1.165, 1.54) is 35.6 Å². The predicted octanol–water partition coefficient (Wildman–Crippen LogP) is 2.38. The fourth-order valence-electron chi connectivity index (χ4n) is 3.35. The Morgan fingerprint density at radius 1 is 1.19 bits per heavy atom. The van der Waals surface area contributed by atoms with Crippen molar-refractivity contribution in [3.05, 3.63) is 70.5 Å². The second-order valence-corrected chi connectivity index (χ2v) is 9.03. The van der Waals surface area contributed by atoms with Crippen LogP contribution < -0.4 is 10.6 Å². The lowest BCUT2D eigenvalue weighted by atomic mass is 9.78. The lowest BCUT2D eigenvalue weighted by Gasteiger charge is -2.30. The first-order valence-electron chi connectivity index (χ1n) is 8.83. The molecule has 144 valence electrons. The minimum absolute atomic E-state index is 0.116. The van der Waals surface area contributed by atoms with Crippen LogP contribution in [-0.2, 0) is 28.6 Å². The topological polar surface area (TPSA) is 70.6 Å². The summed E-state index contributed by atoms with van der Waals surface area (Å²) >= 11 is 0. The predicted molar refractivity (Wildman–Crippen MR) is 106 cm³/mol. The van der Waals surface area contributed by atoms with E-state index in [0.717, 1.165) is 13.0 Å². The molecule has 5 nitrogen and oxygen atoms in total. The fourth-order valence-corrected chi connectivity index (χ4v) is 4.19. The van der Waals surface area contributed by atoms with Gasteiger partial charge in [-0.15, -0.1) is 0 Å². The molecule has 0 spiro atoms. The molecule has 0 aliphatic heterocycles. The van der Waals surface area contributed by atoms with E-state index in [9.17, 15) is 12.8 Å². The van der Waals surface area contributed by atoms with Crippen LogP contribution in [-0.4, -0.2) is 34.2 Å². The number of hydrogen-bond donors (Lipinski definition) is 2. The van der Waals surface area contributed by atoms with Crippen LogP contribution in [0.4, 0.5) is 4.39 Å².